The Labute approximate surface area is 93.6 Å². The largest absolute Gasteiger partial charge is 0.378 e. The van der Waals surface area contributed by atoms with Crippen molar-refractivity contribution in [3.8, 4) is 0 Å². The highest BCUT2D eigenvalue weighted by molar-refractivity contribution is 4.85. The molecule has 15 heavy (non-hydrogen) atoms. The van der Waals surface area contributed by atoms with Crippen LogP contribution >= 0.6 is 0 Å². The van der Waals surface area contributed by atoms with Gasteiger partial charge in [0, 0.05) is 12.0 Å². The number of rotatable bonds is 2. The highest BCUT2D eigenvalue weighted by atomic mass is 16.5. The summed E-state index contributed by atoms with van der Waals surface area (Å²) in [6, 6.07) is 0.396. The molecular weight excluding hydrogens is 186 g/mol. The maximum atomic E-state index is 6.41. The number of hydrogen-bond donors (Lipinski definition) is 1. The van der Waals surface area contributed by atoms with Crippen molar-refractivity contribution in [3.63, 3.8) is 0 Å². The van der Waals surface area contributed by atoms with Crippen molar-refractivity contribution < 1.29 is 4.74 Å². The molecule has 2 nitrogen and oxygen atoms in total. The van der Waals surface area contributed by atoms with Crippen LogP contribution in [0.1, 0.15) is 51.9 Å². The van der Waals surface area contributed by atoms with Gasteiger partial charge in [0.2, 0.25) is 0 Å². The lowest BCUT2D eigenvalue weighted by Crippen LogP contribution is -2.37. The lowest BCUT2D eigenvalue weighted by atomic mass is 9.83. The monoisotopic (exact) mass is 211 g/mol. The van der Waals surface area contributed by atoms with E-state index in [2.05, 4.69) is 6.92 Å². The van der Waals surface area contributed by atoms with Gasteiger partial charge < -0.3 is 10.5 Å². The number of ether oxygens (including phenoxy) is 1. The summed E-state index contributed by atoms with van der Waals surface area (Å²) in [4.78, 5) is 0. The zero-order valence-electron chi connectivity index (χ0n) is 9.95. The van der Waals surface area contributed by atoms with Gasteiger partial charge in [-0.2, -0.15) is 0 Å². The van der Waals surface area contributed by atoms with E-state index < -0.39 is 0 Å². The summed E-state index contributed by atoms with van der Waals surface area (Å²) in [7, 11) is 0. The average Bonchev–Trinajstić information content (AvgIpc) is 2.53. The van der Waals surface area contributed by atoms with Crippen LogP contribution in [0.25, 0.3) is 0 Å². The molecule has 2 rings (SSSR count). The molecule has 0 aromatic heterocycles. The molecule has 2 aliphatic rings. The maximum Gasteiger partial charge on any atom is 0.0551 e. The molecule has 2 heteroatoms. The fraction of sp³-hybridized carbons (Fsp3) is 1.00. The van der Waals surface area contributed by atoms with Gasteiger partial charge in [0.15, 0.2) is 0 Å². The second-order valence-electron chi connectivity index (χ2n) is 5.47. The first kappa shape index (κ1) is 11.4. The summed E-state index contributed by atoms with van der Waals surface area (Å²) >= 11 is 0. The van der Waals surface area contributed by atoms with Crippen LogP contribution in [0.5, 0.6) is 0 Å². The fourth-order valence-electron chi connectivity index (χ4n) is 3.20. The van der Waals surface area contributed by atoms with Gasteiger partial charge in [-0.1, -0.05) is 25.7 Å². The molecule has 3 atom stereocenters. The SMILES string of the molecule is CC1CC(C(N)C2CCCCCC2)CO1. The molecule has 88 valence electrons. The minimum atomic E-state index is 0.396. The van der Waals surface area contributed by atoms with Gasteiger partial charge in [-0.25, -0.2) is 0 Å². The first-order valence-corrected chi connectivity index (χ1v) is 6.64. The van der Waals surface area contributed by atoms with Crippen molar-refractivity contribution in [2.24, 2.45) is 17.6 Å². The van der Waals surface area contributed by atoms with Crippen LogP contribution in [0.15, 0.2) is 0 Å². The molecule has 1 aliphatic heterocycles. The highest BCUT2D eigenvalue weighted by Gasteiger charge is 2.32. The molecule has 1 aliphatic carbocycles. The van der Waals surface area contributed by atoms with Gasteiger partial charge in [0.1, 0.15) is 0 Å². The summed E-state index contributed by atoms with van der Waals surface area (Å²) in [5.74, 6) is 1.40. The van der Waals surface area contributed by atoms with Gasteiger partial charge in [0.25, 0.3) is 0 Å². The van der Waals surface area contributed by atoms with Crippen LogP contribution in [-0.4, -0.2) is 18.8 Å². The van der Waals surface area contributed by atoms with Crippen LogP contribution in [0.3, 0.4) is 0 Å². The Morgan fingerprint density at radius 2 is 1.73 bits per heavy atom. The molecule has 0 aromatic carbocycles. The Morgan fingerprint density at radius 3 is 2.27 bits per heavy atom. The lowest BCUT2D eigenvalue weighted by molar-refractivity contribution is 0.115. The smallest absolute Gasteiger partial charge is 0.0551 e. The molecule has 3 unspecified atom stereocenters. The predicted molar refractivity (Wildman–Crippen MR) is 62.7 cm³/mol. The number of hydrogen-bond acceptors (Lipinski definition) is 2. The van der Waals surface area contributed by atoms with Crippen LogP contribution in [0.4, 0.5) is 0 Å². The van der Waals surface area contributed by atoms with E-state index in [-0.39, 0.29) is 0 Å². The van der Waals surface area contributed by atoms with E-state index >= 15 is 0 Å². The van der Waals surface area contributed by atoms with Crippen LogP contribution in [0.2, 0.25) is 0 Å². The summed E-state index contributed by atoms with van der Waals surface area (Å²) in [6.07, 6.45) is 9.94. The van der Waals surface area contributed by atoms with Crippen molar-refractivity contribution >= 4 is 0 Å². The minimum absolute atomic E-state index is 0.396. The molecule has 0 aromatic rings. The zero-order valence-corrected chi connectivity index (χ0v) is 9.95. The van der Waals surface area contributed by atoms with E-state index in [1.807, 2.05) is 0 Å². The quantitative estimate of drug-likeness (QED) is 0.713. The predicted octanol–water partition coefficient (Wildman–Crippen LogP) is 2.71. The Bertz CT molecular complexity index is 187. The zero-order chi connectivity index (χ0) is 10.7. The molecule has 0 spiro atoms. The fourth-order valence-corrected chi connectivity index (χ4v) is 3.20. The van der Waals surface area contributed by atoms with E-state index in [4.69, 9.17) is 10.5 Å². The molecule has 0 radical (unpaired) electrons. The second-order valence-corrected chi connectivity index (χ2v) is 5.47. The number of nitrogens with two attached hydrogens (primary N) is 1. The van der Waals surface area contributed by atoms with E-state index in [0.717, 1.165) is 12.5 Å². The third kappa shape index (κ3) is 2.94. The molecule has 0 amide bonds. The molecule has 0 bridgehead atoms. The van der Waals surface area contributed by atoms with Crippen molar-refractivity contribution in [2.75, 3.05) is 6.61 Å². The first-order chi connectivity index (χ1) is 7.27. The third-order valence-electron chi connectivity index (χ3n) is 4.22. The van der Waals surface area contributed by atoms with Gasteiger partial charge in [-0.3, -0.25) is 0 Å². The van der Waals surface area contributed by atoms with Crippen molar-refractivity contribution in [1.29, 1.82) is 0 Å². The van der Waals surface area contributed by atoms with Crippen molar-refractivity contribution in [3.05, 3.63) is 0 Å². The van der Waals surface area contributed by atoms with E-state index in [1.54, 1.807) is 0 Å². The van der Waals surface area contributed by atoms with Crippen molar-refractivity contribution in [2.45, 2.75) is 64.0 Å². The van der Waals surface area contributed by atoms with Crippen molar-refractivity contribution in [1.82, 2.24) is 0 Å². The van der Waals surface area contributed by atoms with Gasteiger partial charge in [-0.15, -0.1) is 0 Å². The van der Waals surface area contributed by atoms with Crippen LogP contribution in [-0.2, 0) is 4.74 Å². The Balaban J connectivity index is 1.85. The third-order valence-corrected chi connectivity index (χ3v) is 4.22. The molecule has 2 fully saturated rings. The molecule has 1 saturated carbocycles. The second kappa shape index (κ2) is 5.31. The maximum absolute atomic E-state index is 6.41. The Morgan fingerprint density at radius 1 is 1.07 bits per heavy atom. The Kier molecular flexibility index (Phi) is 4.04. The van der Waals surface area contributed by atoms with Crippen LogP contribution < -0.4 is 5.73 Å². The van der Waals surface area contributed by atoms with Crippen LogP contribution in [0, 0.1) is 11.8 Å². The average molecular weight is 211 g/mol. The van der Waals surface area contributed by atoms with E-state index in [9.17, 15) is 0 Å². The summed E-state index contributed by atoms with van der Waals surface area (Å²) in [5.41, 5.74) is 6.41. The topological polar surface area (TPSA) is 35.2 Å². The molecule has 1 heterocycles. The molecule has 1 saturated heterocycles. The highest BCUT2D eigenvalue weighted by Crippen LogP contribution is 2.31. The van der Waals surface area contributed by atoms with Gasteiger partial charge in [0.05, 0.1) is 12.7 Å². The molecular formula is C13H25NO. The van der Waals surface area contributed by atoms with E-state index in [1.165, 1.54) is 44.9 Å². The summed E-state index contributed by atoms with van der Waals surface area (Å²) in [5, 5.41) is 0. The Hall–Kier alpha value is -0.0800. The lowest BCUT2D eigenvalue weighted by Gasteiger charge is -2.26. The normalized spacial score (nSPS) is 36.4. The first-order valence-electron chi connectivity index (χ1n) is 6.64. The van der Waals surface area contributed by atoms with E-state index in [0.29, 0.717) is 18.1 Å². The molecule has 2 N–H and O–H groups in total. The summed E-state index contributed by atoms with van der Waals surface area (Å²) in [6.45, 7) is 3.07. The summed E-state index contributed by atoms with van der Waals surface area (Å²) < 4.78 is 5.63. The standard InChI is InChI=1S/C13H25NO/c1-10-8-12(9-15-10)13(14)11-6-4-2-3-5-7-11/h10-13H,2-9,14H2,1H3. The van der Waals surface area contributed by atoms with Gasteiger partial charge in [-0.05, 0) is 32.1 Å². The minimum Gasteiger partial charge on any atom is -0.378 e. The van der Waals surface area contributed by atoms with Gasteiger partial charge >= 0.3 is 0 Å².